The SMILES string of the molecule is CCCc1ccc(NC(=O)CSc2nnc(N3CCOCC3)n2C[C@@H]2CCCO2)cc1. The average molecular weight is 446 g/mol. The molecule has 0 radical (unpaired) electrons. The first-order chi connectivity index (χ1) is 15.2. The standard InChI is InChI=1S/C22H31N5O3S/c1-2-4-17-6-8-18(9-7-17)23-20(28)16-31-22-25-24-21(26-10-13-29-14-11-26)27(22)15-19-5-3-12-30-19/h6-9,19H,2-5,10-16H2,1H3,(H,23,28)/t19-/m0/s1. The molecule has 0 bridgehead atoms. The molecule has 1 aromatic carbocycles. The number of morpholine rings is 1. The molecule has 168 valence electrons. The molecule has 2 aromatic rings. The molecule has 9 heteroatoms. The zero-order valence-corrected chi connectivity index (χ0v) is 18.9. The van der Waals surface area contributed by atoms with E-state index in [4.69, 9.17) is 9.47 Å². The molecule has 31 heavy (non-hydrogen) atoms. The van der Waals surface area contributed by atoms with Crippen LogP contribution in [0.25, 0.3) is 0 Å². The topological polar surface area (TPSA) is 81.5 Å². The molecule has 4 rings (SSSR count). The maximum absolute atomic E-state index is 12.5. The quantitative estimate of drug-likeness (QED) is 0.594. The molecule has 2 aliphatic rings. The van der Waals surface area contributed by atoms with Gasteiger partial charge in [0.25, 0.3) is 0 Å². The van der Waals surface area contributed by atoms with Crippen LogP contribution in [0, 0.1) is 0 Å². The molecule has 1 amide bonds. The summed E-state index contributed by atoms with van der Waals surface area (Å²) in [5, 5.41) is 12.6. The van der Waals surface area contributed by atoms with Crippen LogP contribution in [0.2, 0.25) is 0 Å². The molecule has 2 saturated heterocycles. The van der Waals surface area contributed by atoms with Crippen molar-refractivity contribution in [3.05, 3.63) is 29.8 Å². The van der Waals surface area contributed by atoms with Crippen LogP contribution < -0.4 is 10.2 Å². The van der Waals surface area contributed by atoms with Crippen LogP contribution >= 0.6 is 11.8 Å². The second-order valence-electron chi connectivity index (χ2n) is 7.91. The number of carbonyl (C=O) groups is 1. The molecule has 3 heterocycles. The van der Waals surface area contributed by atoms with Crippen molar-refractivity contribution in [2.45, 2.75) is 50.4 Å². The van der Waals surface area contributed by atoms with Gasteiger partial charge < -0.3 is 19.7 Å². The van der Waals surface area contributed by atoms with E-state index in [1.807, 2.05) is 12.1 Å². The summed E-state index contributed by atoms with van der Waals surface area (Å²) >= 11 is 1.42. The van der Waals surface area contributed by atoms with Gasteiger partial charge >= 0.3 is 0 Å². The van der Waals surface area contributed by atoms with Crippen LogP contribution in [0.1, 0.15) is 31.7 Å². The number of hydrogen-bond acceptors (Lipinski definition) is 7. The number of nitrogens with one attached hydrogen (secondary N) is 1. The van der Waals surface area contributed by atoms with Gasteiger partial charge in [-0.2, -0.15) is 0 Å². The molecule has 1 N–H and O–H groups in total. The molecule has 1 atom stereocenters. The summed E-state index contributed by atoms with van der Waals surface area (Å²) in [6.07, 6.45) is 4.46. The summed E-state index contributed by atoms with van der Waals surface area (Å²) in [6, 6.07) is 8.06. The maximum atomic E-state index is 12.5. The van der Waals surface area contributed by atoms with Gasteiger partial charge in [-0.25, -0.2) is 0 Å². The highest BCUT2D eigenvalue weighted by atomic mass is 32.2. The molecule has 1 aromatic heterocycles. The van der Waals surface area contributed by atoms with E-state index in [9.17, 15) is 4.79 Å². The lowest BCUT2D eigenvalue weighted by Crippen LogP contribution is -2.38. The third-order valence-electron chi connectivity index (χ3n) is 5.51. The Labute approximate surface area is 187 Å². The Morgan fingerprint density at radius 2 is 2.00 bits per heavy atom. The summed E-state index contributed by atoms with van der Waals surface area (Å²) in [7, 11) is 0. The summed E-state index contributed by atoms with van der Waals surface area (Å²) in [5.41, 5.74) is 2.10. The van der Waals surface area contributed by atoms with Gasteiger partial charge in [0.05, 0.1) is 31.6 Å². The molecule has 0 spiro atoms. The van der Waals surface area contributed by atoms with Crippen molar-refractivity contribution >= 4 is 29.3 Å². The first-order valence-electron chi connectivity index (χ1n) is 11.1. The first kappa shape index (κ1) is 22.1. The first-order valence-corrected chi connectivity index (χ1v) is 12.1. The van der Waals surface area contributed by atoms with Crippen LogP contribution in [0.15, 0.2) is 29.4 Å². The zero-order valence-electron chi connectivity index (χ0n) is 18.1. The second-order valence-corrected chi connectivity index (χ2v) is 8.85. The van der Waals surface area contributed by atoms with E-state index in [0.717, 1.165) is 62.2 Å². The van der Waals surface area contributed by atoms with Gasteiger partial charge in [-0.1, -0.05) is 37.2 Å². The molecule has 0 aliphatic carbocycles. The van der Waals surface area contributed by atoms with Crippen molar-refractivity contribution in [2.24, 2.45) is 0 Å². The summed E-state index contributed by atoms with van der Waals surface area (Å²) in [6.45, 7) is 6.65. The van der Waals surface area contributed by atoms with E-state index in [1.54, 1.807) is 0 Å². The summed E-state index contributed by atoms with van der Waals surface area (Å²) in [4.78, 5) is 14.7. The van der Waals surface area contributed by atoms with Crippen molar-refractivity contribution in [1.82, 2.24) is 14.8 Å². The van der Waals surface area contributed by atoms with Gasteiger partial charge in [0.15, 0.2) is 5.16 Å². The van der Waals surface area contributed by atoms with E-state index in [2.05, 4.69) is 44.0 Å². The number of carbonyl (C=O) groups excluding carboxylic acids is 1. The number of ether oxygens (including phenoxy) is 2. The maximum Gasteiger partial charge on any atom is 0.234 e. The van der Waals surface area contributed by atoms with Gasteiger partial charge in [0, 0.05) is 25.4 Å². The van der Waals surface area contributed by atoms with Crippen molar-refractivity contribution in [3.63, 3.8) is 0 Å². The van der Waals surface area contributed by atoms with Crippen molar-refractivity contribution < 1.29 is 14.3 Å². The largest absolute Gasteiger partial charge is 0.378 e. The smallest absolute Gasteiger partial charge is 0.234 e. The van der Waals surface area contributed by atoms with Gasteiger partial charge in [0.2, 0.25) is 11.9 Å². The fraction of sp³-hybridized carbons (Fsp3) is 0.591. The zero-order chi connectivity index (χ0) is 21.5. The van der Waals surface area contributed by atoms with Crippen molar-refractivity contribution in [1.29, 1.82) is 0 Å². The molecular weight excluding hydrogens is 414 g/mol. The molecule has 0 saturated carbocycles. The lowest BCUT2D eigenvalue weighted by Gasteiger charge is -2.28. The lowest BCUT2D eigenvalue weighted by molar-refractivity contribution is -0.113. The van der Waals surface area contributed by atoms with Crippen LogP contribution in [0.4, 0.5) is 11.6 Å². The van der Waals surface area contributed by atoms with E-state index in [-0.39, 0.29) is 17.8 Å². The normalized spacial score (nSPS) is 19.0. The predicted octanol–water partition coefficient (Wildman–Crippen LogP) is 2.98. The summed E-state index contributed by atoms with van der Waals surface area (Å²) < 4.78 is 13.4. The number of benzene rings is 1. The number of hydrogen-bond donors (Lipinski definition) is 1. The molecule has 0 unspecified atom stereocenters. The number of rotatable bonds is 9. The van der Waals surface area contributed by atoms with Gasteiger partial charge in [-0.3, -0.25) is 9.36 Å². The predicted molar refractivity (Wildman–Crippen MR) is 122 cm³/mol. The fourth-order valence-electron chi connectivity index (χ4n) is 3.91. The number of amides is 1. The van der Waals surface area contributed by atoms with E-state index < -0.39 is 0 Å². The van der Waals surface area contributed by atoms with Crippen LogP contribution in [0.3, 0.4) is 0 Å². The van der Waals surface area contributed by atoms with Crippen molar-refractivity contribution in [3.8, 4) is 0 Å². The second kappa shape index (κ2) is 11.0. The Morgan fingerprint density at radius 1 is 1.19 bits per heavy atom. The average Bonchev–Trinajstić information content (AvgIpc) is 3.45. The third kappa shape index (κ3) is 5.99. The fourth-order valence-corrected chi connectivity index (χ4v) is 4.65. The minimum absolute atomic E-state index is 0.0483. The van der Waals surface area contributed by atoms with Crippen LogP contribution in [-0.2, 0) is 27.2 Å². The molecular formula is C22H31N5O3S. The Balaban J connectivity index is 1.39. The highest BCUT2D eigenvalue weighted by Crippen LogP contribution is 2.26. The van der Waals surface area contributed by atoms with Gasteiger partial charge in [0.1, 0.15) is 0 Å². The number of aromatic nitrogens is 3. The minimum atomic E-state index is -0.0483. The van der Waals surface area contributed by atoms with Crippen LogP contribution in [0.5, 0.6) is 0 Å². The Kier molecular flexibility index (Phi) is 7.82. The third-order valence-corrected chi connectivity index (χ3v) is 6.48. The molecule has 8 nitrogen and oxygen atoms in total. The summed E-state index contributed by atoms with van der Waals surface area (Å²) in [5.74, 6) is 1.07. The number of anilines is 2. The van der Waals surface area contributed by atoms with E-state index in [1.165, 1.54) is 17.3 Å². The number of nitrogens with zero attached hydrogens (tertiary/aromatic N) is 4. The monoisotopic (exact) mass is 445 g/mol. The minimum Gasteiger partial charge on any atom is -0.378 e. The molecule has 2 aliphatic heterocycles. The van der Waals surface area contributed by atoms with Gasteiger partial charge in [-0.15, -0.1) is 10.2 Å². The number of aryl methyl sites for hydroxylation is 1. The van der Waals surface area contributed by atoms with Crippen molar-refractivity contribution in [2.75, 3.05) is 48.9 Å². The Bertz CT molecular complexity index is 845. The lowest BCUT2D eigenvalue weighted by atomic mass is 10.1. The molecule has 2 fully saturated rings. The van der Waals surface area contributed by atoms with E-state index >= 15 is 0 Å². The highest BCUT2D eigenvalue weighted by Gasteiger charge is 2.25. The van der Waals surface area contributed by atoms with E-state index in [0.29, 0.717) is 19.8 Å². The number of thioether (sulfide) groups is 1. The Hall–Kier alpha value is -2.10. The van der Waals surface area contributed by atoms with Gasteiger partial charge in [-0.05, 0) is 37.0 Å². The Morgan fingerprint density at radius 3 is 2.71 bits per heavy atom. The van der Waals surface area contributed by atoms with Crippen LogP contribution in [-0.4, -0.2) is 65.4 Å². The highest BCUT2D eigenvalue weighted by molar-refractivity contribution is 7.99.